The summed E-state index contributed by atoms with van der Waals surface area (Å²) >= 11 is 0. The van der Waals surface area contributed by atoms with E-state index < -0.39 is 0 Å². The molecule has 3 heteroatoms. The van der Waals surface area contributed by atoms with Crippen LogP contribution in [0.5, 0.6) is 0 Å². The summed E-state index contributed by atoms with van der Waals surface area (Å²) in [4.78, 5) is 24.8. The first-order valence-electron chi connectivity index (χ1n) is 12.3. The first kappa shape index (κ1) is 29.8. The van der Waals surface area contributed by atoms with E-state index in [9.17, 15) is 9.59 Å². The maximum Gasteiger partial charge on any atom is 0.225 e. The van der Waals surface area contributed by atoms with E-state index in [0.717, 1.165) is 16.8 Å². The van der Waals surface area contributed by atoms with Gasteiger partial charge in [-0.15, -0.1) is 0 Å². The zero-order chi connectivity index (χ0) is 25.2. The third kappa shape index (κ3) is 8.34. The maximum atomic E-state index is 12.8. The molecule has 0 saturated heterocycles. The number of carbonyl (C=O) groups excluding carboxylic acids is 2. The fraction of sp³-hybridized carbons (Fsp3) is 0.333. The zero-order valence-corrected chi connectivity index (χ0v) is 21.6. The molecule has 1 unspecified atom stereocenters. The summed E-state index contributed by atoms with van der Waals surface area (Å²) in [7, 11) is 0. The standard InChI is InChI=1S/C22H17NO2.4C2H6/c24-21-14-18(15-7-3-1-4-8-15)19-13-17(11-12-20(19)23-21)22(25)16-9-5-2-6-10-16;4*1-2/h1-13,18H,14H2,(H,23,24);4*1-2H3. The molecule has 178 valence electrons. The highest BCUT2D eigenvalue weighted by Crippen LogP contribution is 2.37. The van der Waals surface area contributed by atoms with E-state index in [1.807, 2.05) is 128 Å². The van der Waals surface area contributed by atoms with E-state index in [4.69, 9.17) is 0 Å². The molecule has 1 amide bonds. The SMILES string of the molecule is CC.CC.CC.CC.O=C1CC(c2ccccc2)c2cc(C(=O)c3ccccc3)ccc2N1. The Hall–Kier alpha value is -3.20. The van der Waals surface area contributed by atoms with Gasteiger partial charge < -0.3 is 5.32 Å². The van der Waals surface area contributed by atoms with Gasteiger partial charge in [0.1, 0.15) is 0 Å². The molecule has 0 aliphatic carbocycles. The summed E-state index contributed by atoms with van der Waals surface area (Å²) in [5, 5.41) is 2.92. The van der Waals surface area contributed by atoms with Crippen LogP contribution in [0.15, 0.2) is 78.9 Å². The topological polar surface area (TPSA) is 46.2 Å². The van der Waals surface area contributed by atoms with Crippen molar-refractivity contribution in [2.24, 2.45) is 0 Å². The summed E-state index contributed by atoms with van der Waals surface area (Å²) in [5.41, 5.74) is 4.17. The van der Waals surface area contributed by atoms with Crippen molar-refractivity contribution in [1.29, 1.82) is 0 Å². The van der Waals surface area contributed by atoms with Crippen LogP contribution < -0.4 is 5.32 Å². The Balaban J connectivity index is 0.00000116. The average Bonchev–Trinajstić information content (AvgIpc) is 2.93. The van der Waals surface area contributed by atoms with Crippen LogP contribution >= 0.6 is 0 Å². The number of ketones is 1. The summed E-state index contributed by atoms with van der Waals surface area (Å²) < 4.78 is 0. The predicted octanol–water partition coefficient (Wildman–Crippen LogP) is 8.50. The fourth-order valence-corrected chi connectivity index (χ4v) is 3.34. The molecule has 0 fully saturated rings. The van der Waals surface area contributed by atoms with Crippen molar-refractivity contribution in [1.82, 2.24) is 0 Å². The van der Waals surface area contributed by atoms with Gasteiger partial charge in [0.05, 0.1) is 0 Å². The largest absolute Gasteiger partial charge is 0.326 e. The molecule has 1 aliphatic heterocycles. The molecule has 1 heterocycles. The van der Waals surface area contributed by atoms with Gasteiger partial charge >= 0.3 is 0 Å². The molecule has 0 saturated carbocycles. The van der Waals surface area contributed by atoms with Crippen molar-refractivity contribution < 1.29 is 9.59 Å². The monoisotopic (exact) mass is 447 g/mol. The second kappa shape index (κ2) is 17.4. The second-order valence-corrected chi connectivity index (χ2v) is 6.21. The number of carbonyl (C=O) groups is 2. The van der Waals surface area contributed by atoms with Crippen molar-refractivity contribution in [3.8, 4) is 0 Å². The molecule has 1 N–H and O–H groups in total. The van der Waals surface area contributed by atoms with Crippen LogP contribution in [0.2, 0.25) is 0 Å². The molecule has 3 aromatic carbocycles. The van der Waals surface area contributed by atoms with E-state index in [-0.39, 0.29) is 17.6 Å². The van der Waals surface area contributed by atoms with Gasteiger partial charge in [0.2, 0.25) is 5.91 Å². The number of anilines is 1. The highest BCUT2D eigenvalue weighted by molar-refractivity contribution is 6.09. The third-order valence-corrected chi connectivity index (χ3v) is 4.59. The van der Waals surface area contributed by atoms with Gasteiger partial charge in [-0.05, 0) is 29.3 Å². The van der Waals surface area contributed by atoms with Gasteiger partial charge in [-0.1, -0.05) is 116 Å². The molecule has 3 nitrogen and oxygen atoms in total. The van der Waals surface area contributed by atoms with E-state index in [1.165, 1.54) is 0 Å². The first-order valence-corrected chi connectivity index (χ1v) is 12.3. The molecular weight excluding hydrogens is 406 g/mol. The average molecular weight is 448 g/mol. The minimum Gasteiger partial charge on any atom is -0.326 e. The fourth-order valence-electron chi connectivity index (χ4n) is 3.34. The number of hydrogen-bond donors (Lipinski definition) is 1. The summed E-state index contributed by atoms with van der Waals surface area (Å²) in [6, 6.07) is 24.7. The van der Waals surface area contributed by atoms with Gasteiger partial charge in [-0.2, -0.15) is 0 Å². The maximum absolute atomic E-state index is 12.8. The van der Waals surface area contributed by atoms with Gasteiger partial charge in [0.15, 0.2) is 5.78 Å². The predicted molar refractivity (Wildman–Crippen MR) is 143 cm³/mol. The van der Waals surface area contributed by atoms with Crippen LogP contribution in [0, 0.1) is 0 Å². The van der Waals surface area contributed by atoms with Crippen LogP contribution in [0.1, 0.15) is 94.8 Å². The molecule has 0 aromatic heterocycles. The molecule has 0 spiro atoms. The van der Waals surface area contributed by atoms with Crippen LogP contribution in [-0.4, -0.2) is 11.7 Å². The lowest BCUT2D eigenvalue weighted by Crippen LogP contribution is -2.24. The lowest BCUT2D eigenvalue weighted by Gasteiger charge is -2.26. The molecule has 33 heavy (non-hydrogen) atoms. The molecule has 4 rings (SSSR count). The van der Waals surface area contributed by atoms with E-state index in [0.29, 0.717) is 17.5 Å². The Bertz CT molecular complexity index is 934. The van der Waals surface area contributed by atoms with Gasteiger partial charge in [-0.3, -0.25) is 9.59 Å². The highest BCUT2D eigenvalue weighted by Gasteiger charge is 2.27. The summed E-state index contributed by atoms with van der Waals surface area (Å²) in [5.74, 6) is -0.0379. The lowest BCUT2D eigenvalue weighted by atomic mass is 9.83. The summed E-state index contributed by atoms with van der Waals surface area (Å²) in [6.07, 6.45) is 0.389. The van der Waals surface area contributed by atoms with Crippen molar-refractivity contribution in [2.75, 3.05) is 5.32 Å². The van der Waals surface area contributed by atoms with Crippen molar-refractivity contribution >= 4 is 17.4 Å². The van der Waals surface area contributed by atoms with Crippen LogP contribution in [0.4, 0.5) is 5.69 Å². The number of hydrogen-bond acceptors (Lipinski definition) is 2. The molecule has 0 bridgehead atoms. The van der Waals surface area contributed by atoms with Crippen LogP contribution in [0.3, 0.4) is 0 Å². The Morgan fingerprint density at radius 3 is 1.76 bits per heavy atom. The molecule has 0 radical (unpaired) electrons. The molecule has 1 aliphatic rings. The Kier molecular flexibility index (Phi) is 15.7. The normalized spacial score (nSPS) is 12.8. The van der Waals surface area contributed by atoms with Crippen molar-refractivity contribution in [3.63, 3.8) is 0 Å². The van der Waals surface area contributed by atoms with Crippen LogP contribution in [-0.2, 0) is 4.79 Å². The van der Waals surface area contributed by atoms with Gasteiger partial charge in [0, 0.05) is 29.2 Å². The van der Waals surface area contributed by atoms with Gasteiger partial charge in [-0.25, -0.2) is 0 Å². The zero-order valence-electron chi connectivity index (χ0n) is 21.6. The quantitative estimate of drug-likeness (QED) is 0.409. The minimum absolute atomic E-state index is 0.00323. The molecular formula is C30H41NO2. The Morgan fingerprint density at radius 2 is 1.21 bits per heavy atom. The lowest BCUT2D eigenvalue weighted by molar-refractivity contribution is -0.116. The van der Waals surface area contributed by atoms with E-state index in [1.54, 1.807) is 6.07 Å². The molecule has 3 aromatic rings. The Morgan fingerprint density at radius 1 is 0.697 bits per heavy atom. The number of nitrogens with one attached hydrogen (secondary N) is 1. The minimum atomic E-state index is -0.0338. The molecule has 1 atom stereocenters. The number of fused-ring (bicyclic) bond motifs is 1. The van der Waals surface area contributed by atoms with E-state index >= 15 is 0 Å². The Labute approximate surface area is 201 Å². The third-order valence-electron chi connectivity index (χ3n) is 4.59. The van der Waals surface area contributed by atoms with Crippen LogP contribution in [0.25, 0.3) is 0 Å². The second-order valence-electron chi connectivity index (χ2n) is 6.21. The van der Waals surface area contributed by atoms with E-state index in [2.05, 4.69) is 5.32 Å². The number of amides is 1. The van der Waals surface area contributed by atoms with Crippen molar-refractivity contribution in [3.05, 3.63) is 101 Å². The highest BCUT2D eigenvalue weighted by atomic mass is 16.1. The number of benzene rings is 3. The number of rotatable bonds is 3. The summed E-state index contributed by atoms with van der Waals surface area (Å²) in [6.45, 7) is 16.0. The first-order chi connectivity index (χ1) is 16.2. The van der Waals surface area contributed by atoms with Gasteiger partial charge in [0.25, 0.3) is 0 Å². The smallest absolute Gasteiger partial charge is 0.225 e. The van der Waals surface area contributed by atoms with Crippen molar-refractivity contribution in [2.45, 2.75) is 67.7 Å².